The lowest BCUT2D eigenvalue weighted by Gasteiger charge is -2.07. The van der Waals surface area contributed by atoms with E-state index in [1.165, 1.54) is 25.0 Å². The van der Waals surface area contributed by atoms with Gasteiger partial charge in [0.1, 0.15) is 5.82 Å². The Bertz CT molecular complexity index is 939. The first-order valence-corrected chi connectivity index (χ1v) is 9.56. The highest BCUT2D eigenvalue weighted by Crippen LogP contribution is 2.27. The van der Waals surface area contributed by atoms with Gasteiger partial charge in [-0.15, -0.1) is 12.4 Å². The molecule has 29 heavy (non-hydrogen) atoms. The fourth-order valence-electron chi connectivity index (χ4n) is 3.07. The van der Waals surface area contributed by atoms with Crippen LogP contribution in [-0.2, 0) is 11.3 Å². The van der Waals surface area contributed by atoms with Crippen molar-refractivity contribution in [3.8, 4) is 16.9 Å². The predicted octanol–water partition coefficient (Wildman–Crippen LogP) is 3.72. The van der Waals surface area contributed by atoms with E-state index in [0.717, 1.165) is 35.0 Å². The van der Waals surface area contributed by atoms with Crippen molar-refractivity contribution in [2.75, 3.05) is 13.1 Å². The van der Waals surface area contributed by atoms with Gasteiger partial charge in [-0.3, -0.25) is 4.79 Å². The maximum absolute atomic E-state index is 13.3. The number of aromatic nitrogens is 2. The molecule has 0 spiro atoms. The van der Waals surface area contributed by atoms with Crippen molar-refractivity contribution in [3.63, 3.8) is 0 Å². The molecule has 0 radical (unpaired) electrons. The van der Waals surface area contributed by atoms with E-state index in [1.807, 2.05) is 36.5 Å². The molecule has 1 aromatic heterocycles. The third-order valence-electron chi connectivity index (χ3n) is 4.82. The average Bonchev–Trinajstić information content (AvgIpc) is 3.44. The van der Waals surface area contributed by atoms with Crippen LogP contribution in [0.25, 0.3) is 16.9 Å². The van der Waals surface area contributed by atoms with Crippen molar-refractivity contribution in [2.24, 2.45) is 5.92 Å². The molecule has 0 aliphatic heterocycles. The van der Waals surface area contributed by atoms with E-state index in [2.05, 4.69) is 15.7 Å². The maximum Gasteiger partial charge on any atom is 0.234 e. The topological polar surface area (TPSA) is 59.0 Å². The highest BCUT2D eigenvalue weighted by atomic mass is 35.5. The van der Waals surface area contributed by atoms with Crippen molar-refractivity contribution < 1.29 is 9.18 Å². The second-order valence-electron chi connectivity index (χ2n) is 7.14. The summed E-state index contributed by atoms with van der Waals surface area (Å²) in [7, 11) is 0. The zero-order chi connectivity index (χ0) is 19.3. The molecule has 5 nitrogen and oxygen atoms in total. The molecule has 1 aliphatic carbocycles. The summed E-state index contributed by atoms with van der Waals surface area (Å²) in [6.07, 6.45) is 4.43. The summed E-state index contributed by atoms with van der Waals surface area (Å²) >= 11 is 0. The third kappa shape index (κ3) is 5.65. The van der Waals surface area contributed by atoms with Crippen LogP contribution in [0.3, 0.4) is 0 Å². The summed E-state index contributed by atoms with van der Waals surface area (Å²) in [6.45, 7) is 1.58. The molecule has 1 heterocycles. The number of carbonyl (C=O) groups excluding carboxylic acids is 1. The van der Waals surface area contributed by atoms with Crippen LogP contribution in [-0.4, -0.2) is 28.8 Å². The summed E-state index contributed by atoms with van der Waals surface area (Å²) in [5.41, 5.74) is 3.35. The minimum atomic E-state index is -0.289. The number of nitrogens with zero attached hydrogens (tertiary/aromatic N) is 2. The van der Waals surface area contributed by atoms with E-state index >= 15 is 0 Å². The van der Waals surface area contributed by atoms with Crippen LogP contribution in [0.5, 0.6) is 0 Å². The lowest BCUT2D eigenvalue weighted by Crippen LogP contribution is -2.34. The molecule has 0 unspecified atom stereocenters. The second-order valence-corrected chi connectivity index (χ2v) is 7.14. The van der Waals surface area contributed by atoms with Gasteiger partial charge in [0.15, 0.2) is 0 Å². The first-order valence-electron chi connectivity index (χ1n) is 9.56. The van der Waals surface area contributed by atoms with E-state index in [1.54, 1.807) is 16.8 Å². The number of hydrogen-bond acceptors (Lipinski definition) is 3. The number of para-hydroxylation sites is 1. The number of rotatable bonds is 8. The molecule has 0 atom stereocenters. The first-order chi connectivity index (χ1) is 13.7. The minimum Gasteiger partial charge on any atom is -0.351 e. The van der Waals surface area contributed by atoms with Gasteiger partial charge in [-0.2, -0.15) is 5.10 Å². The molecular formula is C22H24ClFN4O. The highest BCUT2D eigenvalue weighted by Gasteiger charge is 2.20. The van der Waals surface area contributed by atoms with Crippen molar-refractivity contribution in [1.29, 1.82) is 0 Å². The molecule has 4 rings (SSSR count). The first kappa shape index (κ1) is 21.0. The molecule has 0 saturated heterocycles. The average molecular weight is 415 g/mol. The van der Waals surface area contributed by atoms with Crippen molar-refractivity contribution >= 4 is 18.3 Å². The smallest absolute Gasteiger partial charge is 0.234 e. The molecule has 3 aromatic rings. The van der Waals surface area contributed by atoms with Crippen molar-refractivity contribution in [1.82, 2.24) is 20.4 Å². The lowest BCUT2D eigenvalue weighted by molar-refractivity contribution is -0.120. The summed E-state index contributed by atoms with van der Waals surface area (Å²) in [5, 5.41) is 10.8. The normalized spacial score (nSPS) is 13.0. The van der Waals surface area contributed by atoms with Crippen LogP contribution in [0.4, 0.5) is 4.39 Å². The fourth-order valence-corrected chi connectivity index (χ4v) is 3.07. The maximum atomic E-state index is 13.3. The zero-order valence-electron chi connectivity index (χ0n) is 16.0. The molecule has 152 valence electrons. The van der Waals surface area contributed by atoms with Gasteiger partial charge in [-0.05, 0) is 61.7 Å². The number of hydrogen-bond donors (Lipinski definition) is 2. The zero-order valence-corrected chi connectivity index (χ0v) is 16.8. The van der Waals surface area contributed by atoms with Gasteiger partial charge < -0.3 is 10.6 Å². The van der Waals surface area contributed by atoms with Gasteiger partial charge in [-0.25, -0.2) is 9.07 Å². The molecule has 1 saturated carbocycles. The highest BCUT2D eigenvalue weighted by molar-refractivity contribution is 5.85. The number of nitrogens with one attached hydrogen (secondary N) is 2. The quantitative estimate of drug-likeness (QED) is 0.590. The molecule has 2 N–H and O–H groups in total. The van der Waals surface area contributed by atoms with Crippen LogP contribution in [0.1, 0.15) is 18.4 Å². The summed E-state index contributed by atoms with van der Waals surface area (Å²) < 4.78 is 15.1. The largest absolute Gasteiger partial charge is 0.351 e. The molecular weight excluding hydrogens is 391 g/mol. The van der Waals surface area contributed by atoms with Gasteiger partial charge in [0, 0.05) is 23.9 Å². The van der Waals surface area contributed by atoms with Crippen molar-refractivity contribution in [2.45, 2.75) is 19.4 Å². The van der Waals surface area contributed by atoms with Gasteiger partial charge in [-0.1, -0.05) is 18.2 Å². The van der Waals surface area contributed by atoms with E-state index in [-0.39, 0.29) is 24.1 Å². The van der Waals surface area contributed by atoms with E-state index in [4.69, 9.17) is 0 Å². The standard InChI is InChI=1S/C22H23FN4O.ClH/c23-19-10-8-17(9-11-19)22-18(13-25-21(28)14-24-12-16-6-7-16)15-27(26-22)20-4-2-1-3-5-20;/h1-5,8-11,15-16,24H,6-7,12-14H2,(H,25,28);1H. The van der Waals surface area contributed by atoms with Gasteiger partial charge in [0.2, 0.25) is 5.91 Å². The van der Waals surface area contributed by atoms with Gasteiger partial charge >= 0.3 is 0 Å². The fraction of sp³-hybridized carbons (Fsp3) is 0.273. The van der Waals surface area contributed by atoms with Gasteiger partial charge in [0.05, 0.1) is 17.9 Å². The van der Waals surface area contributed by atoms with Crippen LogP contribution >= 0.6 is 12.4 Å². The number of amides is 1. The van der Waals surface area contributed by atoms with E-state index < -0.39 is 0 Å². The summed E-state index contributed by atoms with van der Waals surface area (Å²) in [5.74, 6) is 0.406. The van der Waals surface area contributed by atoms with Crippen LogP contribution in [0.2, 0.25) is 0 Å². The van der Waals surface area contributed by atoms with Crippen LogP contribution in [0, 0.1) is 11.7 Å². The second kappa shape index (κ2) is 9.67. The van der Waals surface area contributed by atoms with Crippen LogP contribution < -0.4 is 10.6 Å². The molecule has 1 aliphatic rings. The summed E-state index contributed by atoms with van der Waals surface area (Å²) in [6, 6.07) is 16.0. The molecule has 7 heteroatoms. The monoisotopic (exact) mass is 414 g/mol. The van der Waals surface area contributed by atoms with Crippen LogP contribution in [0.15, 0.2) is 60.8 Å². The Morgan fingerprint density at radius 1 is 1.10 bits per heavy atom. The Morgan fingerprint density at radius 3 is 2.52 bits per heavy atom. The SMILES string of the molecule is Cl.O=C(CNCC1CC1)NCc1cn(-c2ccccc2)nc1-c1ccc(F)cc1. The Hall–Kier alpha value is -2.70. The third-order valence-corrected chi connectivity index (χ3v) is 4.82. The Kier molecular flexibility index (Phi) is 7.01. The molecule has 1 fully saturated rings. The van der Waals surface area contributed by atoms with Crippen molar-refractivity contribution in [3.05, 3.63) is 72.2 Å². The van der Waals surface area contributed by atoms with E-state index in [0.29, 0.717) is 13.1 Å². The predicted molar refractivity (Wildman–Crippen MR) is 114 cm³/mol. The lowest BCUT2D eigenvalue weighted by atomic mass is 10.1. The Labute approximate surface area is 175 Å². The molecule has 2 aromatic carbocycles. The number of halogens is 2. The number of benzene rings is 2. The Morgan fingerprint density at radius 2 is 1.83 bits per heavy atom. The van der Waals surface area contributed by atoms with Gasteiger partial charge in [0.25, 0.3) is 0 Å². The molecule has 1 amide bonds. The summed E-state index contributed by atoms with van der Waals surface area (Å²) in [4.78, 5) is 12.1. The Balaban J connectivity index is 0.00000240. The van der Waals surface area contributed by atoms with E-state index in [9.17, 15) is 9.18 Å². The molecule has 0 bridgehead atoms. The minimum absolute atomic E-state index is 0. The number of carbonyl (C=O) groups is 1.